The topological polar surface area (TPSA) is 57.6 Å². The van der Waals surface area contributed by atoms with Crippen molar-refractivity contribution in [2.75, 3.05) is 6.54 Å². The fourth-order valence-corrected chi connectivity index (χ4v) is 2.45. The molecular weight excluding hydrogens is 230 g/mol. The second kappa shape index (κ2) is 5.21. The fraction of sp³-hybridized carbons (Fsp3) is 0.429. The zero-order chi connectivity index (χ0) is 13.1. The molecule has 18 heavy (non-hydrogen) atoms. The van der Waals surface area contributed by atoms with Crippen molar-refractivity contribution in [3.05, 3.63) is 35.4 Å². The Labute approximate surface area is 106 Å². The lowest BCUT2D eigenvalue weighted by molar-refractivity contribution is 0.0692. The van der Waals surface area contributed by atoms with Crippen LogP contribution in [0.25, 0.3) is 0 Å². The van der Waals surface area contributed by atoms with Gasteiger partial charge in [-0.05, 0) is 43.5 Å². The fourth-order valence-electron chi connectivity index (χ4n) is 2.45. The number of hydrogen-bond donors (Lipinski definition) is 1. The molecule has 0 radical (unpaired) electrons. The highest BCUT2D eigenvalue weighted by Crippen LogP contribution is 2.22. The molecule has 1 atom stereocenters. The summed E-state index contributed by atoms with van der Waals surface area (Å²) < 4.78 is 0. The molecule has 2 rings (SSSR count). The number of rotatable bonds is 3. The molecule has 96 valence electrons. The molecule has 1 amide bonds. The third-order valence-electron chi connectivity index (χ3n) is 3.49. The first-order valence-electron chi connectivity index (χ1n) is 6.27. The SMILES string of the molecule is CCC1CCCN1C(=O)c1ccc(C(=O)O)cc1. The molecule has 0 saturated carbocycles. The summed E-state index contributed by atoms with van der Waals surface area (Å²) in [7, 11) is 0. The van der Waals surface area contributed by atoms with Crippen LogP contribution in [-0.2, 0) is 0 Å². The van der Waals surface area contributed by atoms with E-state index in [0.717, 1.165) is 25.8 Å². The van der Waals surface area contributed by atoms with Gasteiger partial charge in [-0.3, -0.25) is 4.79 Å². The number of likely N-dealkylation sites (tertiary alicyclic amines) is 1. The van der Waals surface area contributed by atoms with Crippen LogP contribution in [0.2, 0.25) is 0 Å². The highest BCUT2D eigenvalue weighted by molar-refractivity contribution is 5.96. The van der Waals surface area contributed by atoms with Crippen molar-refractivity contribution in [2.24, 2.45) is 0 Å². The van der Waals surface area contributed by atoms with Gasteiger partial charge < -0.3 is 10.0 Å². The maximum atomic E-state index is 12.3. The van der Waals surface area contributed by atoms with Crippen LogP contribution in [0.15, 0.2) is 24.3 Å². The number of benzene rings is 1. The van der Waals surface area contributed by atoms with Crippen molar-refractivity contribution >= 4 is 11.9 Å². The number of carboxylic acids is 1. The van der Waals surface area contributed by atoms with Crippen molar-refractivity contribution in [1.82, 2.24) is 4.90 Å². The van der Waals surface area contributed by atoms with Gasteiger partial charge in [-0.2, -0.15) is 0 Å². The molecule has 1 saturated heterocycles. The molecule has 4 heteroatoms. The Balaban J connectivity index is 2.16. The van der Waals surface area contributed by atoms with E-state index in [4.69, 9.17) is 5.11 Å². The second-order valence-corrected chi connectivity index (χ2v) is 4.59. The average molecular weight is 247 g/mol. The van der Waals surface area contributed by atoms with Crippen molar-refractivity contribution in [1.29, 1.82) is 0 Å². The maximum Gasteiger partial charge on any atom is 0.335 e. The van der Waals surface area contributed by atoms with Gasteiger partial charge >= 0.3 is 5.97 Å². The Morgan fingerprint density at radius 3 is 2.44 bits per heavy atom. The number of carbonyl (C=O) groups is 2. The van der Waals surface area contributed by atoms with E-state index in [1.54, 1.807) is 12.1 Å². The van der Waals surface area contributed by atoms with Gasteiger partial charge in [-0.1, -0.05) is 6.92 Å². The van der Waals surface area contributed by atoms with E-state index in [1.807, 2.05) is 4.90 Å². The van der Waals surface area contributed by atoms with Crippen LogP contribution in [0.5, 0.6) is 0 Å². The number of amides is 1. The molecule has 1 aromatic rings. The lowest BCUT2D eigenvalue weighted by atomic mass is 10.1. The van der Waals surface area contributed by atoms with Crippen LogP contribution >= 0.6 is 0 Å². The lowest BCUT2D eigenvalue weighted by Gasteiger charge is -2.23. The molecule has 1 N–H and O–H groups in total. The molecular formula is C14H17NO3. The van der Waals surface area contributed by atoms with E-state index in [1.165, 1.54) is 12.1 Å². The second-order valence-electron chi connectivity index (χ2n) is 4.59. The molecule has 1 aromatic carbocycles. The largest absolute Gasteiger partial charge is 0.478 e. The summed E-state index contributed by atoms with van der Waals surface area (Å²) in [5.74, 6) is -0.960. The van der Waals surface area contributed by atoms with Gasteiger partial charge in [0, 0.05) is 18.2 Å². The first kappa shape index (κ1) is 12.6. The average Bonchev–Trinajstić information content (AvgIpc) is 2.86. The smallest absolute Gasteiger partial charge is 0.335 e. The molecule has 0 aromatic heterocycles. The standard InChI is InChI=1S/C14H17NO3/c1-2-12-4-3-9-15(12)13(16)10-5-7-11(8-6-10)14(17)18/h5-8,12H,2-4,9H2,1H3,(H,17,18). The van der Waals surface area contributed by atoms with Gasteiger partial charge in [0.15, 0.2) is 0 Å². The Bertz CT molecular complexity index is 453. The number of hydrogen-bond acceptors (Lipinski definition) is 2. The minimum atomic E-state index is -0.971. The van der Waals surface area contributed by atoms with E-state index >= 15 is 0 Å². The molecule has 0 spiro atoms. The number of nitrogens with zero attached hydrogens (tertiary/aromatic N) is 1. The Kier molecular flexibility index (Phi) is 3.65. The van der Waals surface area contributed by atoms with E-state index in [2.05, 4.69) is 6.92 Å². The van der Waals surface area contributed by atoms with Gasteiger partial charge in [0.2, 0.25) is 0 Å². The summed E-state index contributed by atoms with van der Waals surface area (Å²) in [5.41, 5.74) is 0.778. The zero-order valence-corrected chi connectivity index (χ0v) is 10.4. The van der Waals surface area contributed by atoms with Crippen molar-refractivity contribution in [3.8, 4) is 0 Å². The predicted molar refractivity (Wildman–Crippen MR) is 67.8 cm³/mol. The highest BCUT2D eigenvalue weighted by atomic mass is 16.4. The Morgan fingerprint density at radius 2 is 1.89 bits per heavy atom. The quantitative estimate of drug-likeness (QED) is 0.892. The van der Waals surface area contributed by atoms with Gasteiger partial charge in [0.1, 0.15) is 0 Å². The zero-order valence-electron chi connectivity index (χ0n) is 10.4. The van der Waals surface area contributed by atoms with Crippen molar-refractivity contribution in [2.45, 2.75) is 32.2 Å². The number of carboxylic acid groups (broad SMARTS) is 1. The van der Waals surface area contributed by atoms with Gasteiger partial charge in [0.25, 0.3) is 5.91 Å². The van der Waals surface area contributed by atoms with Crippen LogP contribution < -0.4 is 0 Å². The molecule has 1 unspecified atom stereocenters. The maximum absolute atomic E-state index is 12.3. The Morgan fingerprint density at radius 1 is 1.28 bits per heavy atom. The molecule has 1 fully saturated rings. The molecule has 1 aliphatic rings. The number of aromatic carboxylic acids is 1. The van der Waals surface area contributed by atoms with Crippen LogP contribution in [0.3, 0.4) is 0 Å². The summed E-state index contributed by atoms with van der Waals surface area (Å²) in [6, 6.07) is 6.48. The van der Waals surface area contributed by atoms with Crippen molar-refractivity contribution in [3.63, 3.8) is 0 Å². The lowest BCUT2D eigenvalue weighted by Crippen LogP contribution is -2.35. The normalized spacial score (nSPS) is 18.9. The molecule has 1 aliphatic heterocycles. The summed E-state index contributed by atoms with van der Waals surface area (Å²) in [4.78, 5) is 24.9. The van der Waals surface area contributed by atoms with Gasteiger partial charge in [0.05, 0.1) is 5.56 Å². The molecule has 0 aliphatic carbocycles. The first-order chi connectivity index (χ1) is 8.63. The van der Waals surface area contributed by atoms with Crippen LogP contribution in [0.1, 0.15) is 46.9 Å². The summed E-state index contributed by atoms with van der Waals surface area (Å²) in [6.07, 6.45) is 3.09. The highest BCUT2D eigenvalue weighted by Gasteiger charge is 2.27. The summed E-state index contributed by atoms with van der Waals surface area (Å²) in [6.45, 7) is 2.89. The summed E-state index contributed by atoms with van der Waals surface area (Å²) in [5, 5.41) is 8.81. The molecule has 4 nitrogen and oxygen atoms in total. The van der Waals surface area contributed by atoms with Gasteiger partial charge in [-0.25, -0.2) is 4.79 Å². The predicted octanol–water partition coefficient (Wildman–Crippen LogP) is 2.40. The third kappa shape index (κ3) is 2.37. The minimum absolute atomic E-state index is 0.0105. The van der Waals surface area contributed by atoms with Crippen molar-refractivity contribution < 1.29 is 14.7 Å². The summed E-state index contributed by atoms with van der Waals surface area (Å²) >= 11 is 0. The van der Waals surface area contributed by atoms with E-state index in [-0.39, 0.29) is 11.5 Å². The van der Waals surface area contributed by atoms with Gasteiger partial charge in [-0.15, -0.1) is 0 Å². The number of carbonyl (C=O) groups excluding carboxylic acids is 1. The van der Waals surface area contributed by atoms with E-state index in [9.17, 15) is 9.59 Å². The molecule has 1 heterocycles. The van der Waals surface area contributed by atoms with Crippen LogP contribution in [-0.4, -0.2) is 34.5 Å². The third-order valence-corrected chi connectivity index (χ3v) is 3.49. The monoisotopic (exact) mass is 247 g/mol. The van der Waals surface area contributed by atoms with Crippen LogP contribution in [0.4, 0.5) is 0 Å². The van der Waals surface area contributed by atoms with Crippen LogP contribution in [0, 0.1) is 0 Å². The van der Waals surface area contributed by atoms with E-state index < -0.39 is 5.97 Å². The Hall–Kier alpha value is -1.84. The first-order valence-corrected chi connectivity index (χ1v) is 6.27. The minimum Gasteiger partial charge on any atom is -0.478 e. The van der Waals surface area contributed by atoms with E-state index in [0.29, 0.717) is 11.6 Å². The molecule has 0 bridgehead atoms.